The van der Waals surface area contributed by atoms with Gasteiger partial charge in [-0.3, -0.25) is 4.79 Å². The first-order chi connectivity index (χ1) is 7.35. The van der Waals surface area contributed by atoms with Gasteiger partial charge in [0.25, 0.3) is 0 Å². The van der Waals surface area contributed by atoms with Crippen LogP contribution in [0.3, 0.4) is 0 Å². The predicted molar refractivity (Wildman–Crippen MR) is 47.8 cm³/mol. The van der Waals surface area contributed by atoms with E-state index in [0.717, 1.165) is 6.20 Å². The normalized spacial score (nSPS) is 10.9. The molecule has 4 nitrogen and oxygen atoms in total. The molecular weight excluding hydrogens is 225 g/mol. The maximum absolute atomic E-state index is 11.9. The van der Waals surface area contributed by atoms with Crippen LogP contribution in [0, 0.1) is 18.3 Å². The Bertz CT molecular complexity index is 485. The highest BCUT2D eigenvalue weighted by Crippen LogP contribution is 2.19. The minimum Gasteiger partial charge on any atom is -0.400 e. The standard InChI is InChI=1S/C9H7F3N2O2/c1-5-6(2-3-13)14-4-7(8(5)15)16-9(10,11)12/h4H,2H2,1H3,(H,14,15). The third-order valence-electron chi connectivity index (χ3n) is 1.88. The molecule has 1 N–H and O–H groups in total. The van der Waals surface area contributed by atoms with Gasteiger partial charge in [0.05, 0.1) is 12.5 Å². The SMILES string of the molecule is Cc1c(CC#N)[nH]cc(OC(F)(F)F)c1=O. The maximum Gasteiger partial charge on any atom is 0.573 e. The van der Waals surface area contributed by atoms with Crippen molar-refractivity contribution in [2.45, 2.75) is 19.7 Å². The van der Waals surface area contributed by atoms with E-state index in [0.29, 0.717) is 0 Å². The Morgan fingerprint density at radius 2 is 2.19 bits per heavy atom. The lowest BCUT2D eigenvalue weighted by Gasteiger charge is -2.09. The third-order valence-corrected chi connectivity index (χ3v) is 1.88. The number of halogens is 3. The van der Waals surface area contributed by atoms with Gasteiger partial charge in [0.15, 0.2) is 5.75 Å². The number of nitrogens with zero attached hydrogens (tertiary/aromatic N) is 1. The van der Waals surface area contributed by atoms with Crippen molar-refractivity contribution in [2.75, 3.05) is 0 Å². The molecule has 0 spiro atoms. The molecule has 86 valence electrons. The Morgan fingerprint density at radius 1 is 1.56 bits per heavy atom. The quantitative estimate of drug-likeness (QED) is 0.842. The number of aromatic amines is 1. The monoisotopic (exact) mass is 232 g/mol. The molecule has 0 radical (unpaired) electrons. The van der Waals surface area contributed by atoms with E-state index in [1.807, 2.05) is 0 Å². The van der Waals surface area contributed by atoms with E-state index in [-0.39, 0.29) is 17.7 Å². The maximum atomic E-state index is 11.9. The minimum atomic E-state index is -4.91. The number of hydrogen-bond acceptors (Lipinski definition) is 3. The summed E-state index contributed by atoms with van der Waals surface area (Å²) in [7, 11) is 0. The number of nitrogens with one attached hydrogen (secondary N) is 1. The van der Waals surface area contributed by atoms with Gasteiger partial charge in [-0.2, -0.15) is 5.26 Å². The van der Waals surface area contributed by atoms with Gasteiger partial charge in [0.1, 0.15) is 0 Å². The van der Waals surface area contributed by atoms with Crippen molar-refractivity contribution in [3.63, 3.8) is 0 Å². The van der Waals surface area contributed by atoms with Crippen molar-refractivity contribution in [3.05, 3.63) is 27.7 Å². The zero-order chi connectivity index (χ0) is 12.3. The van der Waals surface area contributed by atoms with Gasteiger partial charge in [-0.1, -0.05) is 0 Å². The van der Waals surface area contributed by atoms with E-state index < -0.39 is 17.5 Å². The summed E-state index contributed by atoms with van der Waals surface area (Å²) in [5.74, 6) is -0.827. The van der Waals surface area contributed by atoms with Crippen LogP contribution in [0.2, 0.25) is 0 Å². The molecule has 1 aromatic rings. The molecule has 0 fully saturated rings. The lowest BCUT2D eigenvalue weighted by atomic mass is 10.1. The number of pyridine rings is 1. The van der Waals surface area contributed by atoms with Crippen LogP contribution < -0.4 is 10.2 Å². The van der Waals surface area contributed by atoms with Gasteiger partial charge in [-0.05, 0) is 6.92 Å². The molecule has 1 rings (SSSR count). The first-order valence-electron chi connectivity index (χ1n) is 4.19. The summed E-state index contributed by atoms with van der Waals surface area (Å²) < 4.78 is 39.1. The number of ether oxygens (including phenoxy) is 1. The topological polar surface area (TPSA) is 65.9 Å². The molecule has 0 bridgehead atoms. The molecule has 0 aliphatic carbocycles. The summed E-state index contributed by atoms with van der Waals surface area (Å²) in [6, 6.07) is 1.79. The minimum absolute atomic E-state index is 0.0447. The number of alkyl halides is 3. The van der Waals surface area contributed by atoms with E-state index in [1.54, 1.807) is 6.07 Å². The van der Waals surface area contributed by atoms with Crippen molar-refractivity contribution in [2.24, 2.45) is 0 Å². The number of rotatable bonds is 2. The lowest BCUT2D eigenvalue weighted by Crippen LogP contribution is -2.23. The average Bonchev–Trinajstić information content (AvgIpc) is 2.16. The van der Waals surface area contributed by atoms with Crippen LogP contribution in [-0.2, 0) is 6.42 Å². The van der Waals surface area contributed by atoms with Gasteiger partial charge in [-0.25, -0.2) is 0 Å². The molecular formula is C9H7F3N2O2. The molecule has 0 aromatic carbocycles. The zero-order valence-electron chi connectivity index (χ0n) is 8.18. The van der Waals surface area contributed by atoms with Crippen molar-refractivity contribution < 1.29 is 17.9 Å². The Morgan fingerprint density at radius 3 is 2.69 bits per heavy atom. The zero-order valence-corrected chi connectivity index (χ0v) is 8.18. The molecule has 0 amide bonds. The predicted octanol–water partition coefficient (Wildman–Crippen LogP) is 1.65. The number of H-pyrrole nitrogens is 1. The molecule has 0 unspecified atom stereocenters. The fourth-order valence-corrected chi connectivity index (χ4v) is 1.11. The largest absolute Gasteiger partial charge is 0.573 e. The van der Waals surface area contributed by atoms with Crippen molar-refractivity contribution in [1.29, 1.82) is 5.26 Å². The number of nitriles is 1. The first kappa shape index (κ1) is 12.1. The molecule has 0 saturated heterocycles. The van der Waals surface area contributed by atoms with Crippen molar-refractivity contribution >= 4 is 0 Å². The van der Waals surface area contributed by atoms with Gasteiger partial charge in [-0.15, -0.1) is 13.2 Å². The Hall–Kier alpha value is -1.97. The second-order valence-corrected chi connectivity index (χ2v) is 2.97. The Balaban J connectivity index is 3.14. The van der Waals surface area contributed by atoms with E-state index in [1.165, 1.54) is 6.92 Å². The fourth-order valence-electron chi connectivity index (χ4n) is 1.11. The Labute approximate surface area is 88.3 Å². The molecule has 16 heavy (non-hydrogen) atoms. The first-order valence-corrected chi connectivity index (χ1v) is 4.19. The molecule has 1 aromatic heterocycles. The van der Waals surface area contributed by atoms with E-state index >= 15 is 0 Å². The summed E-state index contributed by atoms with van der Waals surface area (Å²) in [6.07, 6.45) is -4.18. The summed E-state index contributed by atoms with van der Waals surface area (Å²) in [5.41, 5.74) is -0.549. The van der Waals surface area contributed by atoms with Crippen molar-refractivity contribution in [3.8, 4) is 11.8 Å². The van der Waals surface area contributed by atoms with Crippen LogP contribution >= 0.6 is 0 Å². The van der Waals surface area contributed by atoms with Crippen molar-refractivity contribution in [1.82, 2.24) is 4.98 Å². The summed E-state index contributed by atoms with van der Waals surface area (Å²) in [5, 5.41) is 8.41. The highest BCUT2D eigenvalue weighted by molar-refractivity contribution is 5.30. The number of aromatic nitrogens is 1. The smallest absolute Gasteiger partial charge is 0.400 e. The van der Waals surface area contributed by atoms with Crippen LogP contribution in [0.25, 0.3) is 0 Å². The highest BCUT2D eigenvalue weighted by atomic mass is 19.4. The van der Waals surface area contributed by atoms with Gasteiger partial charge >= 0.3 is 6.36 Å². The van der Waals surface area contributed by atoms with E-state index in [2.05, 4.69) is 9.72 Å². The molecule has 1 heterocycles. The molecule has 0 aliphatic rings. The lowest BCUT2D eigenvalue weighted by molar-refractivity contribution is -0.275. The molecule has 7 heteroatoms. The van der Waals surface area contributed by atoms with Crippen LogP contribution in [0.1, 0.15) is 11.3 Å². The molecule has 0 aliphatic heterocycles. The number of hydrogen-bond donors (Lipinski definition) is 1. The second kappa shape index (κ2) is 4.26. The fraction of sp³-hybridized carbons (Fsp3) is 0.333. The van der Waals surface area contributed by atoms with Crippen LogP contribution in [0.15, 0.2) is 11.0 Å². The van der Waals surface area contributed by atoms with Crippen LogP contribution in [0.4, 0.5) is 13.2 Å². The summed E-state index contributed by atoms with van der Waals surface area (Å²) >= 11 is 0. The highest BCUT2D eigenvalue weighted by Gasteiger charge is 2.32. The molecule has 0 atom stereocenters. The Kier molecular flexibility index (Phi) is 3.22. The molecule has 0 saturated carbocycles. The average molecular weight is 232 g/mol. The van der Waals surface area contributed by atoms with E-state index in [9.17, 15) is 18.0 Å². The van der Waals surface area contributed by atoms with Crippen LogP contribution in [0.5, 0.6) is 5.75 Å². The van der Waals surface area contributed by atoms with E-state index in [4.69, 9.17) is 5.26 Å². The van der Waals surface area contributed by atoms with Gasteiger partial charge in [0, 0.05) is 17.5 Å². The summed E-state index contributed by atoms with van der Waals surface area (Å²) in [6.45, 7) is 1.33. The summed E-state index contributed by atoms with van der Waals surface area (Å²) in [4.78, 5) is 13.8. The third kappa shape index (κ3) is 2.76. The second-order valence-electron chi connectivity index (χ2n) is 2.97. The van der Waals surface area contributed by atoms with Gasteiger partial charge in [0.2, 0.25) is 5.43 Å². The van der Waals surface area contributed by atoms with Crippen LogP contribution in [-0.4, -0.2) is 11.3 Å². The van der Waals surface area contributed by atoms with Gasteiger partial charge < -0.3 is 9.72 Å².